The average Bonchev–Trinajstić information content (AvgIpc) is 3.07. The van der Waals surface area contributed by atoms with Crippen molar-refractivity contribution in [3.8, 4) is 11.8 Å². The summed E-state index contributed by atoms with van der Waals surface area (Å²) in [5, 5.41) is 19.3. The van der Waals surface area contributed by atoms with Crippen LogP contribution < -0.4 is 0 Å². The minimum Gasteiger partial charge on any atom is -0.478 e. The highest BCUT2D eigenvalue weighted by molar-refractivity contribution is 5.87. The number of unbranched alkanes of at least 4 members (excludes halogenated alkanes) is 1. The van der Waals surface area contributed by atoms with Crippen LogP contribution in [0, 0.1) is 17.8 Å². The van der Waals surface area contributed by atoms with E-state index >= 15 is 0 Å². The van der Waals surface area contributed by atoms with Gasteiger partial charge in [0.1, 0.15) is 0 Å². The zero-order chi connectivity index (χ0) is 21.2. The summed E-state index contributed by atoms with van der Waals surface area (Å²) in [5.41, 5.74) is 1.26. The molecule has 2 N–H and O–H groups in total. The van der Waals surface area contributed by atoms with Crippen LogP contribution in [0.25, 0.3) is 0 Å². The fourth-order valence-corrected chi connectivity index (χ4v) is 3.31. The third kappa shape index (κ3) is 7.07. The number of carboxylic acid groups (broad SMARTS) is 1. The number of carboxylic acids is 1. The zero-order valence-electron chi connectivity index (χ0n) is 17.3. The molecule has 1 aliphatic heterocycles. The first-order valence-corrected chi connectivity index (χ1v) is 10.4. The predicted molar refractivity (Wildman–Crippen MR) is 113 cm³/mol. The zero-order valence-corrected chi connectivity index (χ0v) is 17.3. The highest BCUT2D eigenvalue weighted by Gasteiger charge is 2.28. The molecule has 1 amide bonds. The van der Waals surface area contributed by atoms with Gasteiger partial charge in [-0.2, -0.15) is 0 Å². The molecule has 1 aromatic rings. The number of carbonyl (C=O) groups excluding carboxylic acids is 1. The summed E-state index contributed by atoms with van der Waals surface area (Å²) in [6.45, 7) is 4.65. The molecule has 5 heteroatoms. The lowest BCUT2D eigenvalue weighted by Gasteiger charge is -2.23. The van der Waals surface area contributed by atoms with Gasteiger partial charge in [0.05, 0.1) is 17.7 Å². The maximum absolute atomic E-state index is 12.3. The van der Waals surface area contributed by atoms with E-state index in [1.54, 1.807) is 30.3 Å². The predicted octanol–water partition coefficient (Wildman–Crippen LogP) is 3.67. The molecule has 2 rings (SSSR count). The second kappa shape index (κ2) is 11.4. The van der Waals surface area contributed by atoms with Gasteiger partial charge in [0, 0.05) is 25.8 Å². The molecular weight excluding hydrogens is 366 g/mol. The van der Waals surface area contributed by atoms with Crippen LogP contribution in [0.15, 0.2) is 36.4 Å². The summed E-state index contributed by atoms with van der Waals surface area (Å²) in [4.78, 5) is 25.1. The lowest BCUT2D eigenvalue weighted by Crippen LogP contribution is -2.34. The number of hydrogen-bond acceptors (Lipinski definition) is 3. The Hall–Kier alpha value is -2.58. The molecule has 1 aromatic carbocycles. The van der Waals surface area contributed by atoms with Gasteiger partial charge in [-0.15, -0.1) is 11.8 Å². The Morgan fingerprint density at radius 2 is 2.03 bits per heavy atom. The fourth-order valence-electron chi connectivity index (χ4n) is 3.31. The van der Waals surface area contributed by atoms with Gasteiger partial charge in [-0.3, -0.25) is 4.79 Å². The van der Waals surface area contributed by atoms with Gasteiger partial charge < -0.3 is 15.1 Å². The number of rotatable bonds is 9. The van der Waals surface area contributed by atoms with Crippen molar-refractivity contribution < 1.29 is 19.8 Å². The van der Waals surface area contributed by atoms with Gasteiger partial charge in [0.15, 0.2) is 0 Å². The molecule has 0 unspecified atom stereocenters. The SMILES string of the molecule is CCCC#CC[C@H](C)[C@@H](O)C=C[C@H]1CCC(=O)N1CCc1ccc(C(=O)O)cc1. The summed E-state index contributed by atoms with van der Waals surface area (Å²) in [7, 11) is 0. The molecule has 1 aliphatic rings. The molecule has 156 valence electrons. The van der Waals surface area contributed by atoms with E-state index in [0.717, 1.165) is 24.8 Å². The molecule has 0 spiro atoms. The minimum absolute atomic E-state index is 0.00572. The molecule has 0 aromatic heterocycles. The standard InChI is InChI=1S/C24H31NO4/c1-3-4-5-6-7-18(2)22(26)14-12-21-13-15-23(27)25(21)17-16-19-8-10-20(11-9-19)24(28)29/h8-12,14,18,21-22,26H,3-4,7,13,15-17H2,1-2H3,(H,28,29)/t18-,21-,22-/m0/s1. The van der Waals surface area contributed by atoms with Crippen LogP contribution in [0.5, 0.6) is 0 Å². The number of benzene rings is 1. The van der Waals surface area contributed by atoms with Crippen LogP contribution in [0.3, 0.4) is 0 Å². The van der Waals surface area contributed by atoms with Crippen LogP contribution in [-0.4, -0.2) is 45.7 Å². The Morgan fingerprint density at radius 1 is 1.31 bits per heavy atom. The van der Waals surface area contributed by atoms with E-state index in [-0.39, 0.29) is 23.4 Å². The van der Waals surface area contributed by atoms with Gasteiger partial charge >= 0.3 is 5.97 Å². The molecule has 0 aliphatic carbocycles. The molecule has 1 saturated heterocycles. The number of carbonyl (C=O) groups is 2. The number of amides is 1. The fraction of sp³-hybridized carbons (Fsp3) is 0.500. The van der Waals surface area contributed by atoms with Crippen LogP contribution in [0.1, 0.15) is 61.9 Å². The Balaban J connectivity index is 1.89. The van der Waals surface area contributed by atoms with Crippen molar-refractivity contribution in [2.24, 2.45) is 5.92 Å². The van der Waals surface area contributed by atoms with Crippen LogP contribution >= 0.6 is 0 Å². The van der Waals surface area contributed by atoms with Crippen molar-refractivity contribution in [1.29, 1.82) is 0 Å². The minimum atomic E-state index is -0.944. The van der Waals surface area contributed by atoms with Gasteiger partial charge in [-0.25, -0.2) is 4.79 Å². The van der Waals surface area contributed by atoms with E-state index in [9.17, 15) is 14.7 Å². The number of aromatic carboxylic acids is 1. The van der Waals surface area contributed by atoms with E-state index in [2.05, 4.69) is 18.8 Å². The van der Waals surface area contributed by atoms with E-state index < -0.39 is 12.1 Å². The molecule has 5 nitrogen and oxygen atoms in total. The molecule has 3 atom stereocenters. The maximum atomic E-state index is 12.3. The van der Waals surface area contributed by atoms with Gasteiger partial charge in [-0.1, -0.05) is 38.1 Å². The topological polar surface area (TPSA) is 77.8 Å². The summed E-state index contributed by atoms with van der Waals surface area (Å²) in [6, 6.07) is 6.75. The normalized spacial score (nSPS) is 18.5. The molecule has 29 heavy (non-hydrogen) atoms. The van der Waals surface area contributed by atoms with E-state index in [4.69, 9.17) is 5.11 Å². The molecule has 0 bridgehead atoms. The van der Waals surface area contributed by atoms with Gasteiger partial charge in [0.2, 0.25) is 5.91 Å². The quantitative estimate of drug-likeness (QED) is 0.492. The Bertz CT molecular complexity index is 772. The highest BCUT2D eigenvalue weighted by atomic mass is 16.4. The second-order valence-corrected chi connectivity index (χ2v) is 7.61. The number of aliphatic hydroxyl groups is 1. The van der Waals surface area contributed by atoms with E-state index in [1.165, 1.54) is 0 Å². The van der Waals surface area contributed by atoms with Crippen molar-refractivity contribution in [3.05, 3.63) is 47.5 Å². The third-order valence-corrected chi connectivity index (χ3v) is 5.25. The Kier molecular flexibility index (Phi) is 8.95. The molecule has 1 fully saturated rings. The highest BCUT2D eigenvalue weighted by Crippen LogP contribution is 2.21. The Labute approximate surface area is 173 Å². The van der Waals surface area contributed by atoms with Crippen molar-refractivity contribution in [2.75, 3.05) is 6.54 Å². The Morgan fingerprint density at radius 3 is 2.69 bits per heavy atom. The van der Waals surface area contributed by atoms with Crippen LogP contribution in [-0.2, 0) is 11.2 Å². The van der Waals surface area contributed by atoms with Crippen LogP contribution in [0.2, 0.25) is 0 Å². The maximum Gasteiger partial charge on any atom is 0.335 e. The largest absolute Gasteiger partial charge is 0.478 e. The molecule has 0 radical (unpaired) electrons. The summed E-state index contributed by atoms with van der Waals surface area (Å²) in [6.07, 6.45) is 7.69. The van der Waals surface area contributed by atoms with Crippen LogP contribution in [0.4, 0.5) is 0 Å². The summed E-state index contributed by atoms with van der Waals surface area (Å²) >= 11 is 0. The molecule has 0 saturated carbocycles. The molecule has 1 heterocycles. The van der Waals surface area contributed by atoms with Gasteiger partial charge in [-0.05, 0) is 42.9 Å². The van der Waals surface area contributed by atoms with Crippen molar-refractivity contribution in [1.82, 2.24) is 4.90 Å². The monoisotopic (exact) mass is 397 g/mol. The first-order chi connectivity index (χ1) is 13.9. The number of nitrogens with zero attached hydrogens (tertiary/aromatic N) is 1. The number of aliphatic hydroxyl groups excluding tert-OH is 1. The smallest absolute Gasteiger partial charge is 0.335 e. The van der Waals surface area contributed by atoms with Crippen molar-refractivity contribution >= 4 is 11.9 Å². The lowest BCUT2D eigenvalue weighted by molar-refractivity contribution is -0.128. The van der Waals surface area contributed by atoms with E-state index in [0.29, 0.717) is 25.8 Å². The summed E-state index contributed by atoms with van der Waals surface area (Å²) < 4.78 is 0. The first kappa shape index (κ1) is 22.7. The van der Waals surface area contributed by atoms with Gasteiger partial charge in [0.25, 0.3) is 0 Å². The van der Waals surface area contributed by atoms with Crippen molar-refractivity contribution in [3.63, 3.8) is 0 Å². The lowest BCUT2D eigenvalue weighted by atomic mass is 9.99. The number of likely N-dealkylation sites (tertiary alicyclic amines) is 1. The first-order valence-electron chi connectivity index (χ1n) is 10.4. The average molecular weight is 398 g/mol. The summed E-state index contributed by atoms with van der Waals surface area (Å²) in [5.74, 6) is 5.44. The number of hydrogen-bond donors (Lipinski definition) is 2. The second-order valence-electron chi connectivity index (χ2n) is 7.61. The van der Waals surface area contributed by atoms with Crippen molar-refractivity contribution in [2.45, 2.75) is 64.5 Å². The molecular formula is C24H31NO4. The van der Waals surface area contributed by atoms with E-state index in [1.807, 2.05) is 17.9 Å². The third-order valence-electron chi connectivity index (χ3n) is 5.25.